The van der Waals surface area contributed by atoms with E-state index in [2.05, 4.69) is 9.88 Å². The Morgan fingerprint density at radius 3 is 2.71 bits per heavy atom. The lowest BCUT2D eigenvalue weighted by molar-refractivity contribution is 0.0698. The van der Waals surface area contributed by atoms with Crippen molar-refractivity contribution in [2.24, 2.45) is 0 Å². The van der Waals surface area contributed by atoms with Gasteiger partial charge < -0.3 is 15.0 Å². The summed E-state index contributed by atoms with van der Waals surface area (Å²) in [6, 6.07) is 4.92. The van der Waals surface area contributed by atoms with Crippen LogP contribution in [0.5, 0.6) is 0 Å². The van der Waals surface area contributed by atoms with Crippen molar-refractivity contribution in [3.8, 4) is 0 Å². The second-order valence-electron chi connectivity index (χ2n) is 5.49. The topological polar surface area (TPSA) is 78.3 Å². The van der Waals surface area contributed by atoms with Crippen LogP contribution in [0.3, 0.4) is 0 Å². The molecule has 0 aliphatic carbocycles. The molecule has 0 unspecified atom stereocenters. The molecule has 0 saturated carbocycles. The maximum Gasteiger partial charge on any atom is 0.337 e. The van der Waals surface area contributed by atoms with E-state index < -0.39 is 5.97 Å². The van der Waals surface area contributed by atoms with Crippen LogP contribution in [0.4, 0.5) is 0 Å². The summed E-state index contributed by atoms with van der Waals surface area (Å²) in [7, 11) is 0. The van der Waals surface area contributed by atoms with E-state index in [1.807, 2.05) is 0 Å². The zero-order chi connectivity index (χ0) is 14.8. The Balaban J connectivity index is 1.85. The first-order valence-electron chi connectivity index (χ1n) is 7.34. The molecule has 2 heterocycles. The minimum atomic E-state index is -1.01. The first kappa shape index (κ1) is 13.9. The van der Waals surface area contributed by atoms with Crippen LogP contribution in [0.25, 0.3) is 11.0 Å². The molecule has 2 N–H and O–H groups in total. The summed E-state index contributed by atoms with van der Waals surface area (Å²) in [6.07, 6.45) is 3.34. The van der Waals surface area contributed by atoms with E-state index in [9.17, 15) is 14.7 Å². The number of nitrogens with one attached hydrogen (secondary N) is 1. The number of aromatic carboxylic acids is 1. The zero-order valence-electron chi connectivity index (χ0n) is 11.8. The fraction of sp³-hybridized carbons (Fsp3) is 0.467. The van der Waals surface area contributed by atoms with E-state index in [0.717, 1.165) is 26.1 Å². The molecule has 2 aromatic rings. The minimum absolute atomic E-state index is 0.173. The molecule has 0 spiro atoms. The van der Waals surface area contributed by atoms with Crippen LogP contribution in [-0.2, 0) is 6.54 Å². The highest BCUT2D eigenvalue weighted by molar-refractivity contribution is 6.01. The molecule has 6 heteroatoms. The molecule has 0 atom stereocenters. The lowest BCUT2D eigenvalue weighted by Crippen LogP contribution is -2.24. The third-order valence-electron chi connectivity index (χ3n) is 4.08. The van der Waals surface area contributed by atoms with E-state index in [1.54, 1.807) is 16.7 Å². The number of aromatic nitrogens is 2. The van der Waals surface area contributed by atoms with Crippen molar-refractivity contribution in [1.82, 2.24) is 14.5 Å². The molecular weight excluding hydrogens is 270 g/mol. The second-order valence-corrected chi connectivity index (χ2v) is 5.49. The molecule has 0 radical (unpaired) electrons. The summed E-state index contributed by atoms with van der Waals surface area (Å²) >= 11 is 0. The van der Waals surface area contributed by atoms with Gasteiger partial charge in [0.2, 0.25) is 0 Å². The van der Waals surface area contributed by atoms with Crippen molar-refractivity contribution in [3.05, 3.63) is 34.2 Å². The Labute approximate surface area is 122 Å². The maximum absolute atomic E-state index is 12.0. The van der Waals surface area contributed by atoms with Gasteiger partial charge in [-0.1, -0.05) is 6.07 Å². The molecule has 21 heavy (non-hydrogen) atoms. The Bertz CT molecular complexity index is 711. The smallest absolute Gasteiger partial charge is 0.337 e. The number of aromatic amines is 1. The lowest BCUT2D eigenvalue weighted by Gasteiger charge is -2.14. The first-order chi connectivity index (χ1) is 10.2. The highest BCUT2D eigenvalue weighted by atomic mass is 16.4. The van der Waals surface area contributed by atoms with E-state index >= 15 is 0 Å². The number of rotatable bonds is 5. The summed E-state index contributed by atoms with van der Waals surface area (Å²) in [4.78, 5) is 28.5. The number of nitrogens with zero attached hydrogens (tertiary/aromatic N) is 2. The molecule has 1 fully saturated rings. The number of aryl methyl sites for hydroxylation is 1. The minimum Gasteiger partial charge on any atom is -0.478 e. The predicted octanol–water partition coefficient (Wildman–Crippen LogP) is 1.51. The summed E-state index contributed by atoms with van der Waals surface area (Å²) in [6.45, 7) is 3.75. The molecule has 112 valence electrons. The van der Waals surface area contributed by atoms with E-state index in [0.29, 0.717) is 17.6 Å². The van der Waals surface area contributed by atoms with E-state index in [-0.39, 0.29) is 11.3 Å². The van der Waals surface area contributed by atoms with E-state index in [4.69, 9.17) is 0 Å². The molecule has 0 bridgehead atoms. The van der Waals surface area contributed by atoms with Gasteiger partial charge in [0.25, 0.3) is 0 Å². The number of hydrogen-bond donors (Lipinski definition) is 2. The number of H-pyrrole nitrogens is 1. The summed E-state index contributed by atoms with van der Waals surface area (Å²) in [5.41, 5.74) is 1.02. The number of carboxylic acid groups (broad SMARTS) is 1. The number of carboxylic acids is 1. The second kappa shape index (κ2) is 5.73. The monoisotopic (exact) mass is 289 g/mol. The van der Waals surface area contributed by atoms with E-state index in [1.165, 1.54) is 18.9 Å². The van der Waals surface area contributed by atoms with Crippen molar-refractivity contribution in [1.29, 1.82) is 0 Å². The van der Waals surface area contributed by atoms with Crippen LogP contribution in [0.2, 0.25) is 0 Å². The summed E-state index contributed by atoms with van der Waals surface area (Å²) < 4.78 is 1.55. The van der Waals surface area contributed by atoms with Crippen molar-refractivity contribution >= 4 is 17.0 Å². The highest BCUT2D eigenvalue weighted by Crippen LogP contribution is 2.17. The largest absolute Gasteiger partial charge is 0.478 e. The fourth-order valence-electron chi connectivity index (χ4n) is 3.06. The zero-order valence-corrected chi connectivity index (χ0v) is 11.8. The molecule has 1 saturated heterocycles. The Hall–Kier alpha value is -2.08. The first-order valence-corrected chi connectivity index (χ1v) is 7.34. The normalized spacial score (nSPS) is 15.8. The molecule has 3 rings (SSSR count). The number of benzene rings is 1. The molecule has 1 aromatic heterocycles. The van der Waals surface area contributed by atoms with Gasteiger partial charge in [0.05, 0.1) is 16.6 Å². The van der Waals surface area contributed by atoms with Gasteiger partial charge in [-0.2, -0.15) is 0 Å². The maximum atomic E-state index is 12.0. The molecule has 0 amide bonds. The average Bonchev–Trinajstić information content (AvgIpc) is 3.06. The van der Waals surface area contributed by atoms with Gasteiger partial charge in [-0.3, -0.25) is 4.57 Å². The number of hydrogen-bond acceptors (Lipinski definition) is 3. The van der Waals surface area contributed by atoms with Crippen LogP contribution >= 0.6 is 0 Å². The number of carbonyl (C=O) groups is 1. The van der Waals surface area contributed by atoms with Gasteiger partial charge in [-0.15, -0.1) is 0 Å². The van der Waals surface area contributed by atoms with Gasteiger partial charge in [0, 0.05) is 6.54 Å². The molecule has 6 nitrogen and oxygen atoms in total. The van der Waals surface area contributed by atoms with Gasteiger partial charge in [-0.25, -0.2) is 9.59 Å². The standard InChI is InChI=1S/C15H19N3O3/c19-14(20)11-5-3-6-12-13(11)18(15(21)16-12)10-4-9-17-7-1-2-8-17/h3,5-6H,1-2,4,7-10H2,(H,16,21)(H,19,20). The predicted molar refractivity (Wildman–Crippen MR) is 79.8 cm³/mol. The van der Waals surface area contributed by atoms with Crippen LogP contribution in [0.15, 0.2) is 23.0 Å². The van der Waals surface area contributed by atoms with Gasteiger partial charge >= 0.3 is 11.7 Å². The molecule has 1 aliphatic rings. The Kier molecular flexibility index (Phi) is 3.79. The van der Waals surface area contributed by atoms with Crippen LogP contribution in [0, 0.1) is 0 Å². The Morgan fingerprint density at radius 2 is 2.00 bits per heavy atom. The third kappa shape index (κ3) is 2.71. The van der Waals surface area contributed by atoms with Crippen LogP contribution in [0.1, 0.15) is 29.6 Å². The van der Waals surface area contributed by atoms with Crippen molar-refractivity contribution in [3.63, 3.8) is 0 Å². The summed E-state index contributed by atoms with van der Waals surface area (Å²) in [5.74, 6) is -1.01. The SMILES string of the molecule is O=C(O)c1cccc2[nH]c(=O)n(CCCN3CCCC3)c12. The molecular formula is C15H19N3O3. The summed E-state index contributed by atoms with van der Waals surface area (Å²) in [5, 5.41) is 9.28. The number of likely N-dealkylation sites (tertiary alicyclic amines) is 1. The Morgan fingerprint density at radius 1 is 1.24 bits per heavy atom. The number of para-hydroxylation sites is 1. The van der Waals surface area contributed by atoms with Crippen molar-refractivity contribution in [2.45, 2.75) is 25.8 Å². The van der Waals surface area contributed by atoms with Gasteiger partial charge in [-0.05, 0) is 51.0 Å². The fourth-order valence-corrected chi connectivity index (χ4v) is 3.06. The molecule has 1 aromatic carbocycles. The van der Waals surface area contributed by atoms with Crippen molar-refractivity contribution in [2.75, 3.05) is 19.6 Å². The van der Waals surface area contributed by atoms with Crippen LogP contribution in [-0.4, -0.2) is 45.2 Å². The third-order valence-corrected chi connectivity index (χ3v) is 4.08. The molecule has 1 aliphatic heterocycles. The number of fused-ring (bicyclic) bond motifs is 1. The van der Waals surface area contributed by atoms with Gasteiger partial charge in [0.1, 0.15) is 0 Å². The number of imidazole rings is 1. The average molecular weight is 289 g/mol. The van der Waals surface area contributed by atoms with Crippen LogP contribution < -0.4 is 5.69 Å². The quantitative estimate of drug-likeness (QED) is 0.874. The lowest BCUT2D eigenvalue weighted by atomic mass is 10.2. The van der Waals surface area contributed by atoms with Crippen molar-refractivity contribution < 1.29 is 9.90 Å². The van der Waals surface area contributed by atoms with Gasteiger partial charge in [0.15, 0.2) is 0 Å². The highest BCUT2D eigenvalue weighted by Gasteiger charge is 2.16.